The number of fused-ring (bicyclic) bond motifs is 1. The largest absolute Gasteiger partial charge is 0.482 e. The fourth-order valence-corrected chi connectivity index (χ4v) is 3.88. The Hall–Kier alpha value is -3.86. The number of nitrogens with zero attached hydrogens (tertiary/aromatic N) is 1. The molecule has 0 saturated carbocycles. The van der Waals surface area contributed by atoms with Crippen molar-refractivity contribution < 1.29 is 27.3 Å². The Morgan fingerprint density at radius 1 is 1.13 bits per heavy atom. The smallest absolute Gasteiger partial charge is 0.264 e. The van der Waals surface area contributed by atoms with Crippen molar-refractivity contribution in [2.75, 3.05) is 22.0 Å². The molecule has 31 heavy (non-hydrogen) atoms. The number of sulfonamides is 1. The van der Waals surface area contributed by atoms with Crippen LogP contribution in [0.25, 0.3) is 0 Å². The molecule has 0 bridgehead atoms. The quantitative estimate of drug-likeness (QED) is 0.552. The van der Waals surface area contributed by atoms with Crippen LogP contribution in [0.3, 0.4) is 0 Å². The maximum Gasteiger partial charge on any atom is 0.264 e. The molecular weight excluding hydrogens is 424 g/mol. The van der Waals surface area contributed by atoms with Gasteiger partial charge in [0.1, 0.15) is 5.75 Å². The standard InChI is InChI=1S/C20H18N4O6S/c1-11-12(2)23-30-20(11)24-31(27,28)15-6-4-14(5-7-15)21-19(26)13-3-8-17-16(9-13)22-18(25)10-29-17/h3-9,24H,10H2,1-2H3,(H,21,26)(H,22,25). The van der Waals surface area contributed by atoms with Gasteiger partial charge < -0.3 is 19.9 Å². The van der Waals surface area contributed by atoms with Gasteiger partial charge in [-0.05, 0) is 56.3 Å². The first kappa shape index (κ1) is 20.4. The molecule has 1 aliphatic heterocycles. The molecule has 0 fully saturated rings. The molecular formula is C20H18N4O6S. The Balaban J connectivity index is 1.47. The Bertz CT molecular complexity index is 1280. The minimum absolute atomic E-state index is 0.00686. The van der Waals surface area contributed by atoms with E-state index in [1.165, 1.54) is 30.3 Å². The Morgan fingerprint density at radius 3 is 2.55 bits per heavy atom. The van der Waals surface area contributed by atoms with Crippen molar-refractivity contribution in [1.82, 2.24) is 5.16 Å². The molecule has 0 spiro atoms. The number of aromatic nitrogens is 1. The molecule has 2 heterocycles. The summed E-state index contributed by atoms with van der Waals surface area (Å²) >= 11 is 0. The summed E-state index contributed by atoms with van der Waals surface area (Å²) in [5.41, 5.74) is 2.30. The Labute approximate surface area is 177 Å². The van der Waals surface area contributed by atoms with Gasteiger partial charge >= 0.3 is 0 Å². The maximum atomic E-state index is 12.5. The molecule has 0 radical (unpaired) electrons. The first-order valence-electron chi connectivity index (χ1n) is 9.17. The normalized spacial score (nSPS) is 13.0. The molecule has 2 aromatic carbocycles. The van der Waals surface area contributed by atoms with E-state index < -0.39 is 15.9 Å². The van der Waals surface area contributed by atoms with Gasteiger partial charge in [0.05, 0.1) is 16.3 Å². The molecule has 2 amide bonds. The third-order valence-corrected chi connectivity index (χ3v) is 6.03. The molecule has 0 unspecified atom stereocenters. The van der Waals surface area contributed by atoms with Gasteiger partial charge in [-0.1, -0.05) is 5.16 Å². The zero-order valence-corrected chi connectivity index (χ0v) is 17.4. The number of rotatable bonds is 5. The van der Waals surface area contributed by atoms with Crippen LogP contribution in [-0.2, 0) is 14.8 Å². The predicted molar refractivity (Wildman–Crippen MR) is 112 cm³/mol. The van der Waals surface area contributed by atoms with Gasteiger partial charge in [0.15, 0.2) is 6.61 Å². The number of ether oxygens (including phenoxy) is 1. The lowest BCUT2D eigenvalue weighted by molar-refractivity contribution is -0.118. The minimum Gasteiger partial charge on any atom is -0.482 e. The van der Waals surface area contributed by atoms with E-state index in [-0.39, 0.29) is 23.3 Å². The molecule has 160 valence electrons. The number of aryl methyl sites for hydroxylation is 1. The number of anilines is 3. The van der Waals surface area contributed by atoms with E-state index in [1.54, 1.807) is 26.0 Å². The summed E-state index contributed by atoms with van der Waals surface area (Å²) in [7, 11) is -3.89. The van der Waals surface area contributed by atoms with Crippen molar-refractivity contribution in [2.24, 2.45) is 0 Å². The number of nitrogens with one attached hydrogen (secondary N) is 3. The third-order valence-electron chi connectivity index (χ3n) is 4.68. The third kappa shape index (κ3) is 4.21. The van der Waals surface area contributed by atoms with Crippen molar-refractivity contribution in [2.45, 2.75) is 18.7 Å². The first-order valence-corrected chi connectivity index (χ1v) is 10.6. The minimum atomic E-state index is -3.89. The fraction of sp³-hybridized carbons (Fsp3) is 0.150. The van der Waals surface area contributed by atoms with Crippen LogP contribution in [0.15, 0.2) is 51.9 Å². The summed E-state index contributed by atoms with van der Waals surface area (Å²) < 4.78 is 37.7. The average molecular weight is 442 g/mol. The van der Waals surface area contributed by atoms with Gasteiger partial charge in [0, 0.05) is 16.8 Å². The van der Waals surface area contributed by atoms with Crippen molar-refractivity contribution >= 4 is 39.1 Å². The highest BCUT2D eigenvalue weighted by Crippen LogP contribution is 2.29. The molecule has 1 aromatic heterocycles. The van der Waals surface area contributed by atoms with Gasteiger partial charge in [0.2, 0.25) is 5.88 Å². The zero-order valence-electron chi connectivity index (χ0n) is 16.6. The number of hydrogen-bond acceptors (Lipinski definition) is 7. The second-order valence-electron chi connectivity index (χ2n) is 6.85. The molecule has 0 atom stereocenters. The lowest BCUT2D eigenvalue weighted by Crippen LogP contribution is -2.25. The average Bonchev–Trinajstić information content (AvgIpc) is 3.05. The van der Waals surface area contributed by atoms with E-state index in [9.17, 15) is 18.0 Å². The summed E-state index contributed by atoms with van der Waals surface area (Å²) in [5, 5.41) is 9.04. The van der Waals surface area contributed by atoms with Crippen LogP contribution >= 0.6 is 0 Å². The number of benzene rings is 2. The molecule has 11 heteroatoms. The molecule has 0 saturated heterocycles. The van der Waals surface area contributed by atoms with Crippen molar-refractivity contribution in [3.8, 4) is 5.75 Å². The summed E-state index contributed by atoms with van der Waals surface area (Å²) in [5.74, 6) is -0.191. The summed E-state index contributed by atoms with van der Waals surface area (Å²) in [6.07, 6.45) is 0. The summed E-state index contributed by atoms with van der Waals surface area (Å²) in [6.45, 7) is 3.33. The lowest BCUT2D eigenvalue weighted by Gasteiger charge is -2.18. The van der Waals surface area contributed by atoms with Gasteiger partial charge in [0.25, 0.3) is 21.8 Å². The second-order valence-corrected chi connectivity index (χ2v) is 8.54. The van der Waals surface area contributed by atoms with Gasteiger partial charge in [-0.25, -0.2) is 13.1 Å². The van der Waals surface area contributed by atoms with Crippen molar-refractivity contribution in [3.05, 3.63) is 59.3 Å². The summed E-state index contributed by atoms with van der Waals surface area (Å²) in [4.78, 5) is 24.0. The molecule has 4 rings (SSSR count). The van der Waals surface area contributed by atoms with Crippen molar-refractivity contribution in [3.63, 3.8) is 0 Å². The van der Waals surface area contributed by atoms with E-state index in [4.69, 9.17) is 9.26 Å². The first-order chi connectivity index (χ1) is 14.7. The van der Waals surface area contributed by atoms with Gasteiger partial charge in [-0.2, -0.15) is 0 Å². The number of hydrogen-bond donors (Lipinski definition) is 3. The highest BCUT2D eigenvalue weighted by atomic mass is 32.2. The number of carbonyl (C=O) groups excluding carboxylic acids is 2. The van der Waals surface area contributed by atoms with Crippen LogP contribution < -0.4 is 20.1 Å². The van der Waals surface area contributed by atoms with E-state index in [1.807, 2.05) is 0 Å². The van der Waals surface area contributed by atoms with Gasteiger partial charge in [-0.3, -0.25) is 9.59 Å². The molecule has 0 aliphatic carbocycles. The van der Waals surface area contributed by atoms with E-state index in [0.29, 0.717) is 33.9 Å². The number of amides is 2. The van der Waals surface area contributed by atoms with E-state index in [0.717, 1.165) is 0 Å². The van der Waals surface area contributed by atoms with Crippen LogP contribution in [0.5, 0.6) is 5.75 Å². The van der Waals surface area contributed by atoms with E-state index in [2.05, 4.69) is 20.5 Å². The molecule has 3 N–H and O–H groups in total. The lowest BCUT2D eigenvalue weighted by atomic mass is 10.1. The predicted octanol–water partition coefficient (Wildman–Crippen LogP) is 2.68. The maximum absolute atomic E-state index is 12.5. The Morgan fingerprint density at radius 2 is 1.87 bits per heavy atom. The monoisotopic (exact) mass is 442 g/mol. The Kier molecular flexibility index (Phi) is 5.11. The molecule has 1 aliphatic rings. The molecule has 10 nitrogen and oxygen atoms in total. The molecule has 3 aromatic rings. The van der Waals surface area contributed by atoms with Crippen LogP contribution in [-0.4, -0.2) is 32.0 Å². The number of carbonyl (C=O) groups is 2. The topological polar surface area (TPSA) is 140 Å². The fourth-order valence-electron chi connectivity index (χ4n) is 2.84. The van der Waals surface area contributed by atoms with Crippen LogP contribution in [0.1, 0.15) is 21.6 Å². The highest BCUT2D eigenvalue weighted by molar-refractivity contribution is 7.92. The highest BCUT2D eigenvalue weighted by Gasteiger charge is 2.20. The SMILES string of the molecule is Cc1noc(NS(=O)(=O)c2ccc(NC(=O)c3ccc4c(c3)NC(=O)CO4)cc2)c1C. The van der Waals surface area contributed by atoms with Gasteiger partial charge in [-0.15, -0.1) is 0 Å². The zero-order chi connectivity index (χ0) is 22.2. The van der Waals surface area contributed by atoms with E-state index >= 15 is 0 Å². The van der Waals surface area contributed by atoms with Crippen molar-refractivity contribution in [1.29, 1.82) is 0 Å². The van der Waals surface area contributed by atoms with Crippen LogP contribution in [0.2, 0.25) is 0 Å². The van der Waals surface area contributed by atoms with Crippen LogP contribution in [0.4, 0.5) is 17.3 Å². The summed E-state index contributed by atoms with van der Waals surface area (Å²) in [6, 6.07) is 10.3. The van der Waals surface area contributed by atoms with Crippen LogP contribution in [0, 0.1) is 13.8 Å². The second kappa shape index (κ2) is 7.76.